The van der Waals surface area contributed by atoms with Crippen LogP contribution < -0.4 is 0 Å². The zero-order valence-electron chi connectivity index (χ0n) is 19.8. The number of para-hydroxylation sites is 1. The molecule has 0 bridgehead atoms. The zero-order valence-corrected chi connectivity index (χ0v) is 20.6. The molecule has 2 aromatic carbocycles. The van der Waals surface area contributed by atoms with Crippen molar-refractivity contribution in [2.24, 2.45) is 0 Å². The number of tetrazole rings is 1. The fraction of sp³-hybridized carbons (Fsp3) is 0.296. The minimum atomic E-state index is 0.818. The highest BCUT2D eigenvalue weighted by Gasteiger charge is 2.21. The zero-order chi connectivity index (χ0) is 23.3. The second-order valence-electron chi connectivity index (χ2n) is 8.80. The number of benzene rings is 2. The number of hydrogen-bond acceptors (Lipinski definition) is 6. The summed E-state index contributed by atoms with van der Waals surface area (Å²) in [6, 6.07) is 18.9. The van der Waals surface area contributed by atoms with E-state index < -0.39 is 0 Å². The molecule has 1 fully saturated rings. The topological polar surface area (TPSA) is 50.1 Å². The van der Waals surface area contributed by atoms with E-state index in [9.17, 15) is 0 Å². The summed E-state index contributed by atoms with van der Waals surface area (Å²) in [5.74, 6) is 0.818. The van der Waals surface area contributed by atoms with Gasteiger partial charge in [0.05, 0.1) is 5.69 Å². The molecule has 3 heterocycles. The molecule has 0 radical (unpaired) electrons. The fourth-order valence-electron chi connectivity index (χ4n) is 4.54. The van der Waals surface area contributed by atoms with Crippen molar-refractivity contribution in [3.05, 3.63) is 87.6 Å². The summed E-state index contributed by atoms with van der Waals surface area (Å²) in [4.78, 5) is 6.38. The highest BCUT2D eigenvalue weighted by Crippen LogP contribution is 2.30. The smallest absolute Gasteiger partial charge is 0.188 e. The van der Waals surface area contributed by atoms with Crippen molar-refractivity contribution < 1.29 is 0 Å². The van der Waals surface area contributed by atoms with Gasteiger partial charge in [-0.3, -0.25) is 9.80 Å². The van der Waals surface area contributed by atoms with Crippen LogP contribution >= 0.6 is 11.3 Å². The van der Waals surface area contributed by atoms with Gasteiger partial charge in [0.2, 0.25) is 0 Å². The fourth-order valence-corrected chi connectivity index (χ4v) is 5.45. The monoisotopic (exact) mass is 470 g/mol. The number of nitrogens with zero attached hydrogens (tertiary/aromatic N) is 6. The lowest BCUT2D eigenvalue weighted by atomic mass is 10.1. The third-order valence-corrected chi connectivity index (χ3v) is 7.32. The maximum atomic E-state index is 4.42. The van der Waals surface area contributed by atoms with Gasteiger partial charge in [0.15, 0.2) is 5.82 Å². The van der Waals surface area contributed by atoms with Crippen LogP contribution in [0, 0.1) is 13.8 Å². The van der Waals surface area contributed by atoms with Gasteiger partial charge in [-0.2, -0.15) is 4.68 Å². The van der Waals surface area contributed by atoms with Crippen LogP contribution in [0.15, 0.2) is 66.1 Å². The number of piperazine rings is 1. The Hall–Kier alpha value is -3.13. The van der Waals surface area contributed by atoms with Gasteiger partial charge in [0, 0.05) is 49.7 Å². The molecule has 0 unspecified atom stereocenters. The largest absolute Gasteiger partial charge is 0.297 e. The van der Waals surface area contributed by atoms with E-state index >= 15 is 0 Å². The number of aromatic nitrogens is 4. The Morgan fingerprint density at radius 3 is 2.38 bits per heavy atom. The first-order valence-corrected chi connectivity index (χ1v) is 12.6. The molecule has 0 atom stereocenters. The summed E-state index contributed by atoms with van der Waals surface area (Å²) in [5, 5.41) is 14.9. The summed E-state index contributed by atoms with van der Waals surface area (Å²) >= 11 is 1.79. The van der Waals surface area contributed by atoms with Gasteiger partial charge in [0.1, 0.15) is 0 Å². The molecule has 0 N–H and O–H groups in total. The maximum absolute atomic E-state index is 4.42. The van der Waals surface area contributed by atoms with Crippen LogP contribution in [0.3, 0.4) is 0 Å². The predicted octanol–water partition coefficient (Wildman–Crippen LogP) is 4.84. The first-order chi connectivity index (χ1) is 16.7. The predicted molar refractivity (Wildman–Crippen MR) is 139 cm³/mol. The Morgan fingerprint density at radius 1 is 0.882 bits per heavy atom. The van der Waals surface area contributed by atoms with Crippen molar-refractivity contribution in [3.8, 4) is 17.1 Å². The van der Waals surface area contributed by atoms with Crippen molar-refractivity contribution in [3.63, 3.8) is 0 Å². The van der Waals surface area contributed by atoms with Gasteiger partial charge < -0.3 is 0 Å². The Kier molecular flexibility index (Phi) is 6.94. The molecule has 2 aromatic heterocycles. The van der Waals surface area contributed by atoms with E-state index in [1.54, 1.807) is 11.3 Å². The molecule has 0 spiro atoms. The number of rotatable bonds is 7. The molecule has 34 heavy (non-hydrogen) atoms. The summed E-state index contributed by atoms with van der Waals surface area (Å²) in [7, 11) is 0. The third kappa shape index (κ3) is 5.01. The summed E-state index contributed by atoms with van der Waals surface area (Å²) < 4.78 is 1.90. The second-order valence-corrected chi connectivity index (χ2v) is 9.80. The quantitative estimate of drug-likeness (QED) is 0.387. The van der Waals surface area contributed by atoms with Crippen molar-refractivity contribution >= 4 is 17.4 Å². The van der Waals surface area contributed by atoms with Gasteiger partial charge in [-0.15, -0.1) is 16.4 Å². The highest BCUT2D eigenvalue weighted by molar-refractivity contribution is 7.10. The second kappa shape index (κ2) is 10.4. The molecule has 0 aliphatic carbocycles. The molecule has 7 heteroatoms. The molecular formula is C27H30N6S. The first kappa shape index (κ1) is 22.7. The maximum Gasteiger partial charge on any atom is 0.188 e. The van der Waals surface area contributed by atoms with Crippen molar-refractivity contribution in [1.82, 2.24) is 30.0 Å². The van der Waals surface area contributed by atoms with Crippen molar-refractivity contribution in [1.29, 1.82) is 0 Å². The van der Waals surface area contributed by atoms with Gasteiger partial charge in [0.25, 0.3) is 0 Å². The Bertz CT molecular complexity index is 1230. The van der Waals surface area contributed by atoms with Crippen LogP contribution in [0.1, 0.15) is 21.6 Å². The van der Waals surface area contributed by atoms with Crippen molar-refractivity contribution in [2.45, 2.75) is 20.4 Å². The van der Waals surface area contributed by atoms with E-state index in [0.717, 1.165) is 56.3 Å². The molecule has 0 amide bonds. The molecule has 6 nitrogen and oxygen atoms in total. The first-order valence-electron chi connectivity index (χ1n) is 11.8. The standard InChI is InChI=1S/C27H30N6S/c1-21-8-6-9-22(2)26(21)33-27(28-29-30-33)24-13-19-34-25(24)20-32-17-15-31(16-18-32)14-7-12-23-10-4-3-5-11-23/h3-13,19H,14-18,20H2,1-2H3. The number of thiophene rings is 1. The summed E-state index contributed by atoms with van der Waals surface area (Å²) in [5.41, 5.74) is 5.79. The minimum absolute atomic E-state index is 0.818. The van der Waals surface area contributed by atoms with Gasteiger partial charge in [-0.05, 0) is 52.4 Å². The van der Waals surface area contributed by atoms with E-state index in [1.165, 1.54) is 21.6 Å². The molecule has 4 aromatic rings. The molecule has 1 saturated heterocycles. The van der Waals surface area contributed by atoms with E-state index in [-0.39, 0.29) is 0 Å². The molecule has 0 saturated carbocycles. The Morgan fingerprint density at radius 2 is 1.62 bits per heavy atom. The third-order valence-electron chi connectivity index (χ3n) is 6.41. The normalized spacial score (nSPS) is 15.4. The van der Waals surface area contributed by atoms with Crippen LogP contribution in [0.5, 0.6) is 0 Å². The van der Waals surface area contributed by atoms with Crippen LogP contribution in [0.4, 0.5) is 0 Å². The molecular weight excluding hydrogens is 440 g/mol. The Labute approximate surface area is 205 Å². The molecule has 1 aliphatic rings. The van der Waals surface area contributed by atoms with E-state index in [4.69, 9.17) is 0 Å². The lowest BCUT2D eigenvalue weighted by Crippen LogP contribution is -2.45. The van der Waals surface area contributed by atoms with Gasteiger partial charge in [-0.1, -0.05) is 60.7 Å². The van der Waals surface area contributed by atoms with Crippen LogP contribution in [-0.4, -0.2) is 62.7 Å². The van der Waals surface area contributed by atoms with E-state index in [0.29, 0.717) is 0 Å². The van der Waals surface area contributed by atoms with Gasteiger partial charge >= 0.3 is 0 Å². The molecule has 5 rings (SSSR count). The lowest BCUT2D eigenvalue weighted by Gasteiger charge is -2.34. The van der Waals surface area contributed by atoms with Crippen LogP contribution in [-0.2, 0) is 6.54 Å². The summed E-state index contributed by atoms with van der Waals surface area (Å²) in [6.45, 7) is 10.4. The average Bonchev–Trinajstić information content (AvgIpc) is 3.50. The summed E-state index contributed by atoms with van der Waals surface area (Å²) in [6.07, 6.45) is 4.49. The molecule has 1 aliphatic heterocycles. The van der Waals surface area contributed by atoms with E-state index in [2.05, 4.69) is 111 Å². The van der Waals surface area contributed by atoms with Crippen LogP contribution in [0.2, 0.25) is 0 Å². The average molecular weight is 471 g/mol. The SMILES string of the molecule is Cc1cccc(C)c1-n1nnnc1-c1ccsc1CN1CCN(CC=Cc2ccccc2)CC1. The lowest BCUT2D eigenvalue weighted by molar-refractivity contribution is 0.138. The van der Waals surface area contributed by atoms with E-state index in [1.807, 2.05) is 4.68 Å². The van der Waals surface area contributed by atoms with Gasteiger partial charge in [-0.25, -0.2) is 0 Å². The van der Waals surface area contributed by atoms with Crippen LogP contribution in [0.25, 0.3) is 23.2 Å². The minimum Gasteiger partial charge on any atom is -0.297 e. The number of hydrogen-bond donors (Lipinski definition) is 0. The van der Waals surface area contributed by atoms with Crippen molar-refractivity contribution in [2.75, 3.05) is 32.7 Å². The Balaban J connectivity index is 1.23. The number of aryl methyl sites for hydroxylation is 2. The highest BCUT2D eigenvalue weighted by atomic mass is 32.1. The molecule has 174 valence electrons.